The van der Waals surface area contributed by atoms with Crippen molar-refractivity contribution in [3.63, 3.8) is 0 Å². The van der Waals surface area contributed by atoms with Crippen molar-refractivity contribution in [2.75, 3.05) is 41.4 Å². The molecule has 0 spiro atoms. The number of benzene rings is 1. The van der Waals surface area contributed by atoms with E-state index >= 15 is 0 Å². The highest BCUT2D eigenvalue weighted by Gasteiger charge is 2.41. The van der Waals surface area contributed by atoms with Gasteiger partial charge in [0.15, 0.2) is 11.6 Å². The molecule has 2 aliphatic rings. The number of nitrogens with zero attached hydrogens (tertiary/aromatic N) is 5. The third-order valence-corrected chi connectivity index (χ3v) is 6.50. The molecule has 0 radical (unpaired) electrons. The summed E-state index contributed by atoms with van der Waals surface area (Å²) >= 11 is 6.48. The Morgan fingerprint density at radius 2 is 2.08 bits per heavy atom. The molecule has 200 valence electrons. The van der Waals surface area contributed by atoms with Crippen LogP contribution in [0.15, 0.2) is 42.7 Å². The first-order valence-corrected chi connectivity index (χ1v) is 12.0. The zero-order chi connectivity index (χ0) is 27.0. The smallest absolute Gasteiger partial charge is 0.416 e. The first-order chi connectivity index (χ1) is 18.1. The molecule has 2 atom stereocenters. The quantitative estimate of drug-likeness (QED) is 0.425. The second-order valence-electron chi connectivity index (χ2n) is 8.82. The summed E-state index contributed by atoms with van der Waals surface area (Å²) in [4.78, 5) is 29.6. The lowest BCUT2D eigenvalue weighted by Gasteiger charge is -2.36. The monoisotopic (exact) mass is 550 g/mol. The van der Waals surface area contributed by atoms with Crippen LogP contribution in [0.1, 0.15) is 12.0 Å². The topological polar surface area (TPSA) is 124 Å². The van der Waals surface area contributed by atoms with Gasteiger partial charge in [0.2, 0.25) is 5.88 Å². The molecule has 0 aliphatic carbocycles. The van der Waals surface area contributed by atoms with Crippen molar-refractivity contribution in [1.82, 2.24) is 15.0 Å². The van der Waals surface area contributed by atoms with Gasteiger partial charge < -0.3 is 19.8 Å². The minimum absolute atomic E-state index is 0.0901. The molecule has 2 amide bonds. The molecular formula is C24H22ClF3N6O4. The number of ether oxygens (including phenoxy) is 1. The van der Waals surface area contributed by atoms with Crippen LogP contribution in [-0.4, -0.2) is 69.6 Å². The van der Waals surface area contributed by atoms with E-state index in [2.05, 4.69) is 20.3 Å². The molecule has 5 rings (SSSR count). The number of pyridine rings is 1. The number of aromatic nitrogens is 3. The maximum Gasteiger partial charge on any atom is 0.416 e. The van der Waals surface area contributed by atoms with Crippen LogP contribution in [0.5, 0.6) is 5.88 Å². The molecule has 0 unspecified atom stereocenters. The Balaban J connectivity index is 1.43. The third kappa shape index (κ3) is 5.17. The lowest BCUT2D eigenvalue weighted by Crippen LogP contribution is -2.48. The molecule has 2 bridgehead atoms. The van der Waals surface area contributed by atoms with Crippen molar-refractivity contribution >= 4 is 35.0 Å². The second-order valence-corrected chi connectivity index (χ2v) is 9.22. The molecule has 1 aromatic carbocycles. The first kappa shape index (κ1) is 25.9. The number of anilines is 3. The highest BCUT2D eigenvalue weighted by Crippen LogP contribution is 2.43. The van der Waals surface area contributed by atoms with Gasteiger partial charge in [-0.05, 0) is 24.6 Å². The standard InChI is InChI=1S/C24H22ClF3N6O4/c25-17-7-18-22(32-21(17)13-2-1-3-14(6-13)24(26,27)28)34(15-4-5-33(18)10-15)23(37)31-19-8-30-20(9-29-19)38-12-16(36)11-35/h1-3,6-9,15-16,35-36H,4-5,10-12H2,(H,29,31,37)/t15-,16+/m0/s1. The van der Waals surface area contributed by atoms with Crippen LogP contribution in [0.3, 0.4) is 0 Å². The number of aliphatic hydroxyl groups is 2. The number of halogens is 4. The van der Waals surface area contributed by atoms with Crippen LogP contribution >= 0.6 is 11.6 Å². The molecule has 2 aromatic heterocycles. The molecule has 1 saturated heterocycles. The number of hydrogen-bond donors (Lipinski definition) is 3. The van der Waals surface area contributed by atoms with Gasteiger partial charge in [0.25, 0.3) is 0 Å². The summed E-state index contributed by atoms with van der Waals surface area (Å²) in [6.07, 6.45) is -2.42. The fraction of sp³-hybridized carbons (Fsp3) is 0.333. The number of alkyl halides is 3. The van der Waals surface area contributed by atoms with Gasteiger partial charge in [-0.3, -0.25) is 10.2 Å². The Bertz CT molecular complexity index is 1340. The number of amides is 2. The van der Waals surface area contributed by atoms with Crippen LogP contribution in [0.25, 0.3) is 11.3 Å². The molecule has 2 aliphatic heterocycles. The fourth-order valence-corrected chi connectivity index (χ4v) is 4.65. The van der Waals surface area contributed by atoms with E-state index in [9.17, 15) is 23.1 Å². The molecule has 0 saturated carbocycles. The Hall–Kier alpha value is -3.68. The molecule has 3 aromatic rings. The SMILES string of the molecule is O=C(Nc1cnc(OC[C@H](O)CO)cn1)N1c2nc(-c3cccc(C(F)(F)F)c3)c(Cl)cc2N2CC[C@H]1C2. The summed E-state index contributed by atoms with van der Waals surface area (Å²) in [7, 11) is 0. The summed E-state index contributed by atoms with van der Waals surface area (Å²) in [5, 5.41) is 21.1. The van der Waals surface area contributed by atoms with E-state index in [1.54, 1.807) is 6.07 Å². The van der Waals surface area contributed by atoms with Gasteiger partial charge in [0, 0.05) is 18.7 Å². The lowest BCUT2D eigenvalue weighted by atomic mass is 10.1. The number of aliphatic hydroxyl groups excluding tert-OH is 2. The van der Waals surface area contributed by atoms with E-state index in [-0.39, 0.29) is 46.4 Å². The van der Waals surface area contributed by atoms with Crippen LogP contribution in [0.2, 0.25) is 5.02 Å². The Kier molecular flexibility index (Phi) is 6.99. The zero-order valence-corrected chi connectivity index (χ0v) is 20.4. The van der Waals surface area contributed by atoms with Gasteiger partial charge in [-0.1, -0.05) is 23.7 Å². The summed E-state index contributed by atoms with van der Waals surface area (Å²) in [5.41, 5.74) is 0.0737. The molecule has 4 heterocycles. The summed E-state index contributed by atoms with van der Waals surface area (Å²) in [6, 6.07) is 5.56. The number of urea groups is 1. The van der Waals surface area contributed by atoms with Crippen LogP contribution < -0.4 is 19.9 Å². The molecule has 38 heavy (non-hydrogen) atoms. The van der Waals surface area contributed by atoms with E-state index in [0.717, 1.165) is 12.1 Å². The zero-order valence-electron chi connectivity index (χ0n) is 19.7. The van der Waals surface area contributed by atoms with E-state index in [0.29, 0.717) is 25.2 Å². The van der Waals surface area contributed by atoms with E-state index in [1.807, 2.05) is 4.90 Å². The summed E-state index contributed by atoms with van der Waals surface area (Å²) in [5.74, 6) is 0.491. The van der Waals surface area contributed by atoms with Crippen molar-refractivity contribution in [1.29, 1.82) is 0 Å². The average molecular weight is 551 g/mol. The minimum atomic E-state index is -4.53. The molecule has 3 N–H and O–H groups in total. The number of hydrogen-bond acceptors (Lipinski definition) is 8. The van der Waals surface area contributed by atoms with Crippen molar-refractivity contribution in [3.05, 3.63) is 53.3 Å². The third-order valence-electron chi connectivity index (χ3n) is 6.21. The minimum Gasteiger partial charge on any atom is -0.474 e. The number of nitrogens with one attached hydrogen (secondary N) is 1. The van der Waals surface area contributed by atoms with E-state index < -0.39 is 30.5 Å². The largest absolute Gasteiger partial charge is 0.474 e. The van der Waals surface area contributed by atoms with Crippen LogP contribution in [0.4, 0.5) is 35.3 Å². The van der Waals surface area contributed by atoms with Crippen molar-refractivity contribution in [2.45, 2.75) is 24.7 Å². The highest BCUT2D eigenvalue weighted by molar-refractivity contribution is 6.33. The van der Waals surface area contributed by atoms with E-state index in [4.69, 9.17) is 21.4 Å². The fourth-order valence-electron chi connectivity index (χ4n) is 4.39. The van der Waals surface area contributed by atoms with Gasteiger partial charge in [0.05, 0.1) is 47.0 Å². The number of fused-ring (bicyclic) bond motifs is 4. The van der Waals surface area contributed by atoms with Gasteiger partial charge >= 0.3 is 12.2 Å². The maximum absolute atomic E-state index is 13.4. The van der Waals surface area contributed by atoms with Gasteiger partial charge in [-0.15, -0.1) is 0 Å². The maximum atomic E-state index is 13.4. The first-order valence-electron chi connectivity index (χ1n) is 11.6. The van der Waals surface area contributed by atoms with Crippen LogP contribution in [0, 0.1) is 0 Å². The van der Waals surface area contributed by atoms with Gasteiger partial charge in [0.1, 0.15) is 12.7 Å². The molecule has 1 fully saturated rings. The Morgan fingerprint density at radius 3 is 2.79 bits per heavy atom. The number of rotatable bonds is 6. The highest BCUT2D eigenvalue weighted by atomic mass is 35.5. The predicted molar refractivity (Wildman–Crippen MR) is 132 cm³/mol. The lowest BCUT2D eigenvalue weighted by molar-refractivity contribution is -0.137. The molecule has 14 heteroatoms. The summed E-state index contributed by atoms with van der Waals surface area (Å²) < 4.78 is 45.1. The van der Waals surface area contributed by atoms with Crippen LogP contribution in [-0.2, 0) is 6.18 Å². The Labute approximate surface area is 219 Å². The van der Waals surface area contributed by atoms with Gasteiger partial charge in [-0.2, -0.15) is 13.2 Å². The predicted octanol–water partition coefficient (Wildman–Crippen LogP) is 3.57. The van der Waals surface area contributed by atoms with E-state index in [1.165, 1.54) is 29.4 Å². The van der Waals surface area contributed by atoms with Crippen molar-refractivity contribution in [2.24, 2.45) is 0 Å². The average Bonchev–Trinajstić information content (AvgIpc) is 3.32. The van der Waals surface area contributed by atoms with Crippen molar-refractivity contribution in [3.8, 4) is 17.1 Å². The Morgan fingerprint density at radius 1 is 1.26 bits per heavy atom. The number of carbonyl (C=O) groups excluding carboxylic acids is 1. The number of carbonyl (C=O) groups is 1. The molecular weight excluding hydrogens is 529 g/mol. The second kappa shape index (κ2) is 10.2. The van der Waals surface area contributed by atoms with Crippen molar-refractivity contribution < 1.29 is 32.9 Å². The van der Waals surface area contributed by atoms with Gasteiger partial charge in [-0.25, -0.2) is 19.7 Å². The normalized spacial score (nSPS) is 17.3. The molecule has 10 nitrogen and oxygen atoms in total. The summed E-state index contributed by atoms with van der Waals surface area (Å²) in [6.45, 7) is 0.565.